The van der Waals surface area contributed by atoms with Crippen molar-refractivity contribution in [3.8, 4) is 0 Å². The Morgan fingerprint density at radius 2 is 1.48 bits per heavy atom. The molecule has 2 aromatic rings. The Balaban J connectivity index is 1.72. The van der Waals surface area contributed by atoms with Gasteiger partial charge in [-0.25, -0.2) is 9.97 Å². The first kappa shape index (κ1) is 16.5. The highest BCUT2D eigenvalue weighted by Crippen LogP contribution is 2.29. The van der Waals surface area contributed by atoms with E-state index in [4.69, 9.17) is 9.40 Å². The van der Waals surface area contributed by atoms with Crippen molar-refractivity contribution in [3.05, 3.63) is 17.8 Å². The average molecular weight is 311 g/mol. The normalized spacial score (nSPS) is 19.2. The van der Waals surface area contributed by atoms with Crippen molar-refractivity contribution in [2.24, 2.45) is 0 Å². The van der Waals surface area contributed by atoms with E-state index in [2.05, 4.69) is 17.1 Å². The van der Waals surface area contributed by atoms with Crippen LogP contribution in [0, 0.1) is 0 Å². The Labute approximate surface area is 140 Å². The Hall–Kier alpha value is -1.32. The van der Waals surface area contributed by atoms with E-state index in [0.717, 1.165) is 5.52 Å². The third-order valence-electron chi connectivity index (χ3n) is 5.06. The number of fused-ring (bicyclic) bond motifs is 1. The van der Waals surface area contributed by atoms with Crippen LogP contribution in [0.5, 0.6) is 0 Å². The predicted molar refractivity (Wildman–Crippen MR) is 96.6 cm³/mol. The average Bonchev–Trinajstić information content (AvgIpc) is 2.97. The first-order valence-corrected chi connectivity index (χ1v) is 9.43. The van der Waals surface area contributed by atoms with Gasteiger partial charge in [0.2, 0.25) is 13.0 Å². The second-order valence-corrected chi connectivity index (χ2v) is 6.86. The van der Waals surface area contributed by atoms with E-state index < -0.39 is 0 Å². The number of oxazole rings is 1. The highest BCUT2D eigenvalue weighted by Gasteiger charge is 2.15. The molecule has 0 N–H and O–H groups in total. The summed E-state index contributed by atoms with van der Waals surface area (Å²) in [7, 11) is 1.89. The summed E-state index contributed by atoms with van der Waals surface area (Å²) in [5, 5.41) is 0. The van der Waals surface area contributed by atoms with E-state index >= 15 is 0 Å². The molecule has 0 aromatic carbocycles. The maximum atomic E-state index is 5.71. The standard InChI is InChI=1S/C19H28BN2O/c1-20-19-22-17-14-13-16(21-18(17)23-19)15-11-9-7-5-3-2-4-6-8-10-12-15/h13-15H,2-12H2,1H3. The van der Waals surface area contributed by atoms with Gasteiger partial charge in [-0.1, -0.05) is 64.6 Å². The van der Waals surface area contributed by atoms with Crippen molar-refractivity contribution in [1.82, 2.24) is 9.97 Å². The van der Waals surface area contributed by atoms with Gasteiger partial charge >= 0.3 is 0 Å². The van der Waals surface area contributed by atoms with Crippen LogP contribution in [-0.2, 0) is 0 Å². The van der Waals surface area contributed by atoms with Crippen molar-refractivity contribution in [1.29, 1.82) is 0 Å². The third-order valence-corrected chi connectivity index (χ3v) is 5.06. The van der Waals surface area contributed by atoms with Gasteiger partial charge in [0.1, 0.15) is 11.3 Å². The molecular weight excluding hydrogens is 283 g/mol. The zero-order chi connectivity index (χ0) is 15.9. The molecule has 1 saturated carbocycles. The predicted octanol–water partition coefficient (Wildman–Crippen LogP) is 4.99. The van der Waals surface area contributed by atoms with E-state index in [-0.39, 0.29) is 0 Å². The highest BCUT2D eigenvalue weighted by molar-refractivity contribution is 6.49. The lowest BCUT2D eigenvalue weighted by Gasteiger charge is -2.17. The van der Waals surface area contributed by atoms with Gasteiger partial charge in [0.25, 0.3) is 0 Å². The Morgan fingerprint density at radius 1 is 0.870 bits per heavy atom. The molecule has 0 unspecified atom stereocenters. The number of aromatic nitrogens is 2. The van der Waals surface area contributed by atoms with Crippen LogP contribution < -0.4 is 5.79 Å². The number of rotatable bonds is 2. The minimum atomic E-state index is 0.581. The summed E-state index contributed by atoms with van der Waals surface area (Å²) in [5.74, 6) is 1.25. The molecule has 1 radical (unpaired) electrons. The topological polar surface area (TPSA) is 38.9 Å². The van der Waals surface area contributed by atoms with E-state index in [1.54, 1.807) is 0 Å². The highest BCUT2D eigenvalue weighted by atomic mass is 16.4. The summed E-state index contributed by atoms with van der Waals surface area (Å²) >= 11 is 0. The van der Waals surface area contributed by atoms with Gasteiger partial charge in [0.15, 0.2) is 0 Å². The molecule has 0 bridgehead atoms. The van der Waals surface area contributed by atoms with Gasteiger partial charge < -0.3 is 4.42 Å². The smallest absolute Gasteiger partial charge is 0.246 e. The zero-order valence-corrected chi connectivity index (χ0v) is 14.4. The second kappa shape index (κ2) is 8.51. The summed E-state index contributed by atoms with van der Waals surface area (Å²) in [6, 6.07) is 4.24. The van der Waals surface area contributed by atoms with Gasteiger partial charge in [-0.15, -0.1) is 0 Å². The van der Waals surface area contributed by atoms with Crippen LogP contribution in [0.1, 0.15) is 82.2 Å². The van der Waals surface area contributed by atoms with Crippen LogP contribution in [0.15, 0.2) is 16.5 Å². The fourth-order valence-electron chi connectivity index (χ4n) is 3.66. The molecule has 0 spiro atoms. The Morgan fingerprint density at radius 3 is 2.09 bits per heavy atom. The van der Waals surface area contributed by atoms with E-state index in [9.17, 15) is 0 Å². The third kappa shape index (κ3) is 4.59. The van der Waals surface area contributed by atoms with Gasteiger partial charge in [0, 0.05) is 11.6 Å². The molecule has 2 heterocycles. The molecule has 0 aliphatic heterocycles. The van der Waals surface area contributed by atoms with Crippen LogP contribution in [0.4, 0.5) is 0 Å². The monoisotopic (exact) mass is 311 g/mol. The molecule has 3 rings (SSSR count). The molecule has 3 nitrogen and oxygen atoms in total. The number of hydrogen-bond donors (Lipinski definition) is 0. The summed E-state index contributed by atoms with van der Waals surface area (Å²) in [4.78, 5) is 9.20. The van der Waals surface area contributed by atoms with Crippen LogP contribution >= 0.6 is 0 Å². The summed E-state index contributed by atoms with van der Waals surface area (Å²) < 4.78 is 5.71. The van der Waals surface area contributed by atoms with Crippen LogP contribution in [0.25, 0.3) is 11.2 Å². The van der Waals surface area contributed by atoms with Crippen molar-refractivity contribution in [2.75, 3.05) is 0 Å². The molecule has 2 aromatic heterocycles. The van der Waals surface area contributed by atoms with Gasteiger partial charge in [0.05, 0.1) is 0 Å². The molecule has 1 aliphatic rings. The lowest BCUT2D eigenvalue weighted by molar-refractivity contribution is 0.461. The summed E-state index contributed by atoms with van der Waals surface area (Å²) in [5.41, 5.74) is 2.77. The van der Waals surface area contributed by atoms with Crippen molar-refractivity contribution in [2.45, 2.75) is 83.4 Å². The summed E-state index contributed by atoms with van der Waals surface area (Å²) in [6.45, 7) is 1.94. The lowest BCUT2D eigenvalue weighted by Crippen LogP contribution is -2.09. The van der Waals surface area contributed by atoms with Crippen LogP contribution in [0.2, 0.25) is 6.82 Å². The van der Waals surface area contributed by atoms with Crippen molar-refractivity contribution >= 4 is 24.3 Å². The lowest BCUT2D eigenvalue weighted by atomic mass is 9.83. The SMILES string of the molecule is C[B]c1nc2ccc(C3CCCCCCCCCCC3)nc2o1. The molecule has 4 heteroatoms. The number of hydrogen-bond acceptors (Lipinski definition) is 3. The molecular formula is C19H28BN2O. The molecule has 0 amide bonds. The fraction of sp³-hybridized carbons (Fsp3) is 0.684. The Bertz CT molecular complexity index is 598. The van der Waals surface area contributed by atoms with Crippen LogP contribution in [-0.4, -0.2) is 17.2 Å². The van der Waals surface area contributed by atoms with E-state index in [0.29, 0.717) is 17.4 Å². The van der Waals surface area contributed by atoms with Crippen molar-refractivity contribution in [3.63, 3.8) is 0 Å². The van der Waals surface area contributed by atoms with Gasteiger partial charge in [-0.3, -0.25) is 0 Å². The minimum absolute atomic E-state index is 0.581. The molecule has 1 fully saturated rings. The minimum Gasteiger partial charge on any atom is -0.433 e. The molecule has 23 heavy (non-hydrogen) atoms. The zero-order valence-electron chi connectivity index (χ0n) is 14.4. The van der Waals surface area contributed by atoms with Gasteiger partial charge in [-0.05, 0) is 25.0 Å². The quantitative estimate of drug-likeness (QED) is 0.734. The maximum Gasteiger partial charge on any atom is 0.246 e. The van der Waals surface area contributed by atoms with Crippen LogP contribution in [0.3, 0.4) is 0 Å². The maximum absolute atomic E-state index is 5.71. The molecule has 1 aliphatic carbocycles. The van der Waals surface area contributed by atoms with E-state index in [1.165, 1.54) is 76.3 Å². The number of nitrogens with zero attached hydrogens (tertiary/aromatic N) is 2. The first-order chi connectivity index (χ1) is 11.4. The fourth-order valence-corrected chi connectivity index (χ4v) is 3.66. The molecule has 0 saturated heterocycles. The van der Waals surface area contributed by atoms with E-state index in [1.807, 2.05) is 14.1 Å². The Kier molecular flexibility index (Phi) is 6.12. The van der Waals surface area contributed by atoms with Crippen molar-refractivity contribution < 1.29 is 4.42 Å². The number of pyridine rings is 1. The molecule has 0 atom stereocenters. The first-order valence-electron chi connectivity index (χ1n) is 9.43. The second-order valence-electron chi connectivity index (χ2n) is 6.86. The largest absolute Gasteiger partial charge is 0.433 e. The molecule has 123 valence electrons. The summed E-state index contributed by atoms with van der Waals surface area (Å²) in [6.07, 6.45) is 15.0. The van der Waals surface area contributed by atoms with Gasteiger partial charge in [-0.2, -0.15) is 0 Å².